The van der Waals surface area contributed by atoms with Crippen LogP contribution in [-0.4, -0.2) is 24.9 Å². The molecule has 1 saturated heterocycles. The Labute approximate surface area is 155 Å². The number of ether oxygens (including phenoxy) is 1. The fourth-order valence-corrected chi connectivity index (χ4v) is 4.13. The van der Waals surface area contributed by atoms with Crippen molar-refractivity contribution in [2.75, 3.05) is 13.7 Å². The average molecular weight is 357 g/mol. The Kier molecular flexibility index (Phi) is 6.24. The molecule has 3 rings (SSSR count). The Morgan fingerprint density at radius 3 is 2.96 bits per heavy atom. The highest BCUT2D eigenvalue weighted by atomic mass is 32.2. The second-order valence-electron chi connectivity index (χ2n) is 7.00. The van der Waals surface area contributed by atoms with Crippen molar-refractivity contribution in [3.8, 4) is 0 Å². The van der Waals surface area contributed by atoms with Gasteiger partial charge in [-0.25, -0.2) is 0 Å². The number of amidine groups is 1. The minimum atomic E-state index is 0.347. The molecule has 3 nitrogen and oxygen atoms in total. The van der Waals surface area contributed by atoms with Gasteiger partial charge in [0, 0.05) is 11.4 Å². The first kappa shape index (κ1) is 18.1. The Hall–Kier alpha value is -1.68. The zero-order valence-corrected chi connectivity index (χ0v) is 16.2. The van der Waals surface area contributed by atoms with E-state index in [2.05, 4.69) is 55.6 Å². The molecule has 0 aromatic carbocycles. The standard InChI is InChI=1S/C21H28N2OS/c1-15(2)14-22-21-23-19-13-17(9-7-11-20(19)25-21)16-8-5-4-6-10-18(12-16)24-3/h5,8-12,15,19H,4,6-7,13-14H2,1-3H3,(H,22,23). The molecule has 1 aliphatic heterocycles. The van der Waals surface area contributed by atoms with Crippen LogP contribution in [0.5, 0.6) is 0 Å². The van der Waals surface area contributed by atoms with Gasteiger partial charge in [0.1, 0.15) is 5.76 Å². The lowest BCUT2D eigenvalue weighted by molar-refractivity contribution is 0.304. The molecule has 0 radical (unpaired) electrons. The van der Waals surface area contributed by atoms with Crippen LogP contribution in [0, 0.1) is 5.92 Å². The largest absolute Gasteiger partial charge is 0.497 e. The lowest BCUT2D eigenvalue weighted by atomic mass is 9.96. The number of rotatable bonds is 4. The number of nitrogens with one attached hydrogen (secondary N) is 1. The molecule has 0 aromatic heterocycles. The van der Waals surface area contributed by atoms with Crippen molar-refractivity contribution in [1.82, 2.24) is 5.32 Å². The van der Waals surface area contributed by atoms with E-state index in [-0.39, 0.29) is 0 Å². The van der Waals surface area contributed by atoms with E-state index in [4.69, 9.17) is 9.73 Å². The Balaban J connectivity index is 1.76. The van der Waals surface area contributed by atoms with Crippen LogP contribution in [0.25, 0.3) is 0 Å². The monoisotopic (exact) mass is 356 g/mol. The quantitative estimate of drug-likeness (QED) is 0.759. The van der Waals surface area contributed by atoms with Crippen LogP contribution in [0.2, 0.25) is 0 Å². The van der Waals surface area contributed by atoms with Gasteiger partial charge >= 0.3 is 0 Å². The normalized spacial score (nSPS) is 25.1. The topological polar surface area (TPSA) is 33.6 Å². The summed E-state index contributed by atoms with van der Waals surface area (Å²) in [6.45, 7) is 5.29. The van der Waals surface area contributed by atoms with Gasteiger partial charge in [-0.1, -0.05) is 49.9 Å². The van der Waals surface area contributed by atoms with Gasteiger partial charge in [-0.3, -0.25) is 4.99 Å². The maximum absolute atomic E-state index is 5.51. The van der Waals surface area contributed by atoms with E-state index in [1.165, 1.54) is 16.1 Å². The van der Waals surface area contributed by atoms with Gasteiger partial charge in [-0.05, 0) is 54.9 Å². The maximum atomic E-state index is 5.51. The van der Waals surface area contributed by atoms with Crippen molar-refractivity contribution in [2.24, 2.45) is 10.9 Å². The number of methoxy groups -OCH3 is 1. The first-order valence-electron chi connectivity index (χ1n) is 9.16. The number of nitrogens with zero attached hydrogens (tertiary/aromatic N) is 1. The number of fused-ring (bicyclic) bond motifs is 1. The molecule has 1 atom stereocenters. The van der Waals surface area contributed by atoms with Gasteiger partial charge in [-0.2, -0.15) is 0 Å². The van der Waals surface area contributed by atoms with E-state index in [9.17, 15) is 0 Å². The predicted molar refractivity (Wildman–Crippen MR) is 109 cm³/mol. The molecule has 1 unspecified atom stereocenters. The third-order valence-corrected chi connectivity index (χ3v) is 5.57. The van der Waals surface area contributed by atoms with Gasteiger partial charge in [0.05, 0.1) is 13.2 Å². The van der Waals surface area contributed by atoms with Crippen molar-refractivity contribution >= 4 is 16.9 Å². The first-order chi connectivity index (χ1) is 12.2. The second kappa shape index (κ2) is 8.61. The molecule has 25 heavy (non-hydrogen) atoms. The molecule has 1 heterocycles. The molecule has 0 amide bonds. The predicted octanol–water partition coefficient (Wildman–Crippen LogP) is 5.11. The highest BCUT2D eigenvalue weighted by Crippen LogP contribution is 2.36. The number of thioether (sulfide) groups is 1. The minimum absolute atomic E-state index is 0.347. The summed E-state index contributed by atoms with van der Waals surface area (Å²) in [5, 5.41) is 4.69. The highest BCUT2D eigenvalue weighted by molar-refractivity contribution is 8.17. The molecule has 0 spiro atoms. The molecule has 4 heteroatoms. The smallest absolute Gasteiger partial charge is 0.161 e. The third-order valence-electron chi connectivity index (χ3n) is 4.44. The van der Waals surface area contributed by atoms with Crippen LogP contribution < -0.4 is 5.32 Å². The van der Waals surface area contributed by atoms with Gasteiger partial charge in [0.15, 0.2) is 5.17 Å². The zero-order chi connectivity index (χ0) is 17.6. The summed E-state index contributed by atoms with van der Waals surface area (Å²) in [7, 11) is 1.75. The fraction of sp³-hybridized carbons (Fsp3) is 0.476. The second-order valence-corrected chi connectivity index (χ2v) is 8.07. The van der Waals surface area contributed by atoms with Gasteiger partial charge < -0.3 is 10.1 Å². The van der Waals surface area contributed by atoms with E-state index in [1.54, 1.807) is 18.9 Å². The van der Waals surface area contributed by atoms with Crippen LogP contribution in [0.15, 0.2) is 63.3 Å². The van der Waals surface area contributed by atoms with E-state index in [0.717, 1.165) is 43.2 Å². The van der Waals surface area contributed by atoms with Crippen molar-refractivity contribution in [1.29, 1.82) is 0 Å². The minimum Gasteiger partial charge on any atom is -0.497 e. The molecule has 2 aliphatic carbocycles. The summed E-state index contributed by atoms with van der Waals surface area (Å²) in [6, 6.07) is 0.347. The Morgan fingerprint density at radius 1 is 1.28 bits per heavy atom. The van der Waals surface area contributed by atoms with Crippen molar-refractivity contribution in [3.05, 3.63) is 58.3 Å². The van der Waals surface area contributed by atoms with Crippen molar-refractivity contribution < 1.29 is 4.74 Å². The van der Waals surface area contributed by atoms with Crippen molar-refractivity contribution in [3.63, 3.8) is 0 Å². The third kappa shape index (κ3) is 4.91. The Morgan fingerprint density at radius 2 is 2.16 bits per heavy atom. The molecule has 0 bridgehead atoms. The molecule has 0 aromatic rings. The summed E-state index contributed by atoms with van der Waals surface area (Å²) in [4.78, 5) is 6.13. The van der Waals surface area contributed by atoms with E-state index < -0.39 is 0 Å². The van der Waals surface area contributed by atoms with E-state index in [1.807, 2.05) is 0 Å². The van der Waals surface area contributed by atoms with Crippen LogP contribution in [0.3, 0.4) is 0 Å². The van der Waals surface area contributed by atoms with Crippen LogP contribution in [0.4, 0.5) is 0 Å². The number of aliphatic imine (C=N–C) groups is 1. The van der Waals surface area contributed by atoms with E-state index in [0.29, 0.717) is 12.0 Å². The fourth-order valence-electron chi connectivity index (χ4n) is 3.10. The van der Waals surface area contributed by atoms with E-state index >= 15 is 0 Å². The SMILES string of the molecule is COC1=CCCC=CC(C2=CCC=C3SC(=NCC(C)C)NC3C2)=C1. The Bertz CT molecular complexity index is 680. The summed E-state index contributed by atoms with van der Waals surface area (Å²) in [5.74, 6) is 1.56. The summed E-state index contributed by atoms with van der Waals surface area (Å²) >= 11 is 1.80. The summed E-state index contributed by atoms with van der Waals surface area (Å²) in [5.41, 5.74) is 2.65. The maximum Gasteiger partial charge on any atom is 0.161 e. The molecule has 3 aliphatic rings. The highest BCUT2D eigenvalue weighted by Gasteiger charge is 2.28. The summed E-state index contributed by atoms with van der Waals surface area (Å²) in [6.07, 6.45) is 17.6. The molecule has 134 valence electrons. The lowest BCUT2D eigenvalue weighted by Gasteiger charge is -2.15. The van der Waals surface area contributed by atoms with Gasteiger partial charge in [0.2, 0.25) is 0 Å². The van der Waals surface area contributed by atoms with Gasteiger partial charge in [0.25, 0.3) is 0 Å². The molecular formula is C21H28N2OS. The van der Waals surface area contributed by atoms with Crippen molar-refractivity contribution in [2.45, 2.75) is 45.6 Å². The number of hydrogen-bond donors (Lipinski definition) is 1. The summed E-state index contributed by atoms with van der Waals surface area (Å²) < 4.78 is 5.51. The zero-order valence-electron chi connectivity index (χ0n) is 15.4. The number of allylic oxidation sites excluding steroid dienone is 7. The average Bonchev–Trinajstić information content (AvgIpc) is 2.84. The van der Waals surface area contributed by atoms with Crippen LogP contribution in [-0.2, 0) is 4.74 Å². The van der Waals surface area contributed by atoms with Crippen LogP contribution in [0.1, 0.15) is 39.5 Å². The molecule has 1 fully saturated rings. The molecule has 1 N–H and O–H groups in total. The van der Waals surface area contributed by atoms with Crippen LogP contribution >= 0.6 is 11.8 Å². The van der Waals surface area contributed by atoms with Gasteiger partial charge in [-0.15, -0.1) is 0 Å². The lowest BCUT2D eigenvalue weighted by Crippen LogP contribution is -2.26. The first-order valence-corrected chi connectivity index (χ1v) is 9.98. The number of hydrogen-bond acceptors (Lipinski definition) is 3. The molecular weight excluding hydrogens is 328 g/mol. The molecule has 0 saturated carbocycles.